The molecule has 9 heteroatoms. The maximum Gasteiger partial charge on any atom is 0.519 e. The van der Waals surface area contributed by atoms with Crippen molar-refractivity contribution in [1.29, 1.82) is 0 Å². The fraction of sp³-hybridized carbons (Fsp3) is 0. The van der Waals surface area contributed by atoms with Crippen molar-refractivity contribution in [1.82, 2.24) is 0 Å². The number of carbonyl (C=O) groups excluding carboxylic acids is 1. The molecule has 2 aromatic rings. The molecule has 0 aliphatic rings. The van der Waals surface area contributed by atoms with E-state index >= 15 is 0 Å². The molecule has 22 heavy (non-hydrogen) atoms. The van der Waals surface area contributed by atoms with E-state index in [2.05, 4.69) is 0 Å². The second-order valence-corrected chi connectivity index (χ2v) is 8.58. The maximum absolute atomic E-state index is 12.0. The van der Waals surface area contributed by atoms with Crippen LogP contribution in [0, 0.1) is 14.3 Å². The fourth-order valence-corrected chi connectivity index (χ4v) is 5.39. The normalized spacial score (nSPS) is 10.4. The van der Waals surface area contributed by atoms with Gasteiger partial charge in [-0.2, -0.15) is 0 Å². The molecule has 2 rings (SSSR count). The van der Waals surface area contributed by atoms with Crippen LogP contribution in [0.4, 0.5) is 4.79 Å². The molecule has 0 aliphatic heterocycles. The summed E-state index contributed by atoms with van der Waals surface area (Å²) in [7, 11) is 0. The largest absolute Gasteiger partial charge is 0.519 e. The van der Waals surface area contributed by atoms with E-state index in [9.17, 15) is 15.0 Å². The van der Waals surface area contributed by atoms with Gasteiger partial charge in [-0.05, 0) is 115 Å². The maximum atomic E-state index is 12.0. The third-order valence-electron chi connectivity index (χ3n) is 2.34. The Labute approximate surface area is 180 Å². The zero-order valence-corrected chi connectivity index (χ0v) is 19.1. The van der Waals surface area contributed by atoms with E-state index in [1.54, 1.807) is 0 Å². The van der Waals surface area contributed by atoms with Gasteiger partial charge in [0.05, 0.1) is 14.3 Å². The molecule has 0 saturated heterocycles. The topological polar surface area (TPSA) is 76.0 Å². The number of rotatable bonds is 2. The smallest absolute Gasteiger partial charge is 0.508 e. The van der Waals surface area contributed by atoms with Crippen LogP contribution >= 0.6 is 90.4 Å². The summed E-state index contributed by atoms with van der Waals surface area (Å²) in [6, 6.07) is 5.94. The van der Waals surface area contributed by atoms with E-state index in [1.165, 1.54) is 24.3 Å². The molecule has 0 spiro atoms. The zero-order valence-electron chi connectivity index (χ0n) is 10.4. The molecule has 0 heterocycles. The van der Waals surface area contributed by atoms with Crippen LogP contribution in [0.15, 0.2) is 24.3 Å². The third kappa shape index (κ3) is 4.62. The fourth-order valence-electron chi connectivity index (χ4n) is 1.48. The van der Waals surface area contributed by atoms with E-state index in [0.29, 0.717) is 25.8 Å². The predicted octanol–water partition coefficient (Wildman–Crippen LogP) is 5.09. The highest BCUT2D eigenvalue weighted by Crippen LogP contribution is 2.34. The Kier molecular flexibility index (Phi) is 6.64. The summed E-state index contributed by atoms with van der Waals surface area (Å²) in [6.45, 7) is 0. The zero-order chi connectivity index (χ0) is 16.4. The molecular formula is C13H6I4O5. The first-order valence-corrected chi connectivity index (χ1v) is 9.85. The van der Waals surface area contributed by atoms with Gasteiger partial charge in [0.25, 0.3) is 0 Å². The third-order valence-corrected chi connectivity index (χ3v) is 5.54. The van der Waals surface area contributed by atoms with Crippen LogP contribution in [0.25, 0.3) is 0 Å². The lowest BCUT2D eigenvalue weighted by atomic mass is 10.3. The van der Waals surface area contributed by atoms with Crippen molar-refractivity contribution in [2.75, 3.05) is 0 Å². The number of aromatic hydroxyl groups is 2. The highest BCUT2D eigenvalue weighted by Gasteiger charge is 2.18. The average molecular weight is 750 g/mol. The van der Waals surface area contributed by atoms with Crippen molar-refractivity contribution in [2.24, 2.45) is 0 Å². The van der Waals surface area contributed by atoms with Crippen molar-refractivity contribution in [2.45, 2.75) is 0 Å². The number of carbonyl (C=O) groups is 1. The van der Waals surface area contributed by atoms with E-state index in [1.807, 2.05) is 90.4 Å². The SMILES string of the molecule is O=C(Oc1c(I)cc(O)cc1I)Oc1c(I)cc(O)cc1I. The summed E-state index contributed by atoms with van der Waals surface area (Å²) >= 11 is 7.84. The minimum absolute atomic E-state index is 0.0946. The first-order valence-electron chi connectivity index (χ1n) is 5.53. The molecule has 0 aromatic heterocycles. The highest BCUT2D eigenvalue weighted by atomic mass is 127. The second-order valence-electron chi connectivity index (χ2n) is 3.93. The van der Waals surface area contributed by atoms with Crippen molar-refractivity contribution in [3.63, 3.8) is 0 Å². The van der Waals surface area contributed by atoms with Crippen LogP contribution < -0.4 is 9.47 Å². The first-order chi connectivity index (χ1) is 10.3. The lowest BCUT2D eigenvalue weighted by molar-refractivity contribution is 0.150. The Hall–Kier alpha value is 0.230. The Bertz CT molecular complexity index is 640. The van der Waals surface area contributed by atoms with Gasteiger partial charge in [-0.1, -0.05) is 0 Å². The molecule has 0 saturated carbocycles. The average Bonchev–Trinajstić information content (AvgIpc) is 2.38. The first kappa shape index (κ1) is 18.6. The van der Waals surface area contributed by atoms with Crippen LogP contribution in [0.5, 0.6) is 23.0 Å². The minimum Gasteiger partial charge on any atom is -0.508 e. The molecule has 5 nitrogen and oxygen atoms in total. The van der Waals surface area contributed by atoms with Crippen molar-refractivity contribution < 1.29 is 24.5 Å². The Morgan fingerprint density at radius 1 is 0.727 bits per heavy atom. The van der Waals surface area contributed by atoms with Crippen LogP contribution in [-0.4, -0.2) is 16.4 Å². The molecular weight excluding hydrogens is 744 g/mol. The molecule has 0 fully saturated rings. The van der Waals surface area contributed by atoms with E-state index in [-0.39, 0.29) is 11.5 Å². The number of ether oxygens (including phenoxy) is 2. The predicted molar refractivity (Wildman–Crippen MR) is 114 cm³/mol. The van der Waals surface area contributed by atoms with Crippen molar-refractivity contribution in [3.8, 4) is 23.0 Å². The van der Waals surface area contributed by atoms with Gasteiger partial charge in [-0.15, -0.1) is 0 Å². The van der Waals surface area contributed by atoms with Crippen molar-refractivity contribution in [3.05, 3.63) is 38.5 Å². The van der Waals surface area contributed by atoms with Crippen LogP contribution in [0.2, 0.25) is 0 Å². The summed E-state index contributed by atoms with van der Waals surface area (Å²) in [6.07, 6.45) is -0.886. The summed E-state index contributed by atoms with van der Waals surface area (Å²) in [5, 5.41) is 19.0. The molecule has 0 radical (unpaired) electrons. The summed E-state index contributed by atoms with van der Waals surface area (Å²) in [4.78, 5) is 12.0. The van der Waals surface area contributed by atoms with Gasteiger partial charge in [0.2, 0.25) is 0 Å². The molecule has 0 atom stereocenters. The van der Waals surface area contributed by atoms with E-state index in [0.717, 1.165) is 0 Å². The molecule has 0 aliphatic carbocycles. The Morgan fingerprint density at radius 3 is 1.27 bits per heavy atom. The van der Waals surface area contributed by atoms with Gasteiger partial charge in [0.15, 0.2) is 11.5 Å². The second kappa shape index (κ2) is 7.87. The summed E-state index contributed by atoms with van der Waals surface area (Å²) in [5.74, 6) is 0.842. The van der Waals surface area contributed by atoms with Crippen LogP contribution in [0.1, 0.15) is 0 Å². The van der Waals surface area contributed by atoms with E-state index in [4.69, 9.17) is 9.47 Å². The molecule has 0 bridgehead atoms. The number of phenolic OH excluding ortho intramolecular Hbond substituents is 2. The lowest BCUT2D eigenvalue weighted by Gasteiger charge is -2.11. The molecule has 116 valence electrons. The number of benzene rings is 2. The van der Waals surface area contributed by atoms with Gasteiger partial charge in [0.1, 0.15) is 11.5 Å². The number of hydrogen-bond acceptors (Lipinski definition) is 5. The Balaban J connectivity index is 2.22. The molecule has 0 unspecified atom stereocenters. The number of hydrogen-bond donors (Lipinski definition) is 2. The van der Waals surface area contributed by atoms with Crippen LogP contribution in [0.3, 0.4) is 0 Å². The Morgan fingerprint density at radius 2 is 1.00 bits per heavy atom. The molecule has 0 amide bonds. The quantitative estimate of drug-likeness (QED) is 0.254. The number of halogens is 4. The summed E-state index contributed by atoms with van der Waals surface area (Å²) in [5.41, 5.74) is 0. The van der Waals surface area contributed by atoms with E-state index < -0.39 is 6.16 Å². The molecule has 2 aromatic carbocycles. The summed E-state index contributed by atoms with van der Waals surface area (Å²) < 4.78 is 12.8. The minimum atomic E-state index is -0.886. The lowest BCUT2D eigenvalue weighted by Crippen LogP contribution is -2.16. The highest BCUT2D eigenvalue weighted by molar-refractivity contribution is 14.1. The van der Waals surface area contributed by atoms with Gasteiger partial charge in [-0.25, -0.2) is 4.79 Å². The van der Waals surface area contributed by atoms with Gasteiger partial charge in [0, 0.05) is 0 Å². The van der Waals surface area contributed by atoms with Gasteiger partial charge >= 0.3 is 6.16 Å². The van der Waals surface area contributed by atoms with Crippen LogP contribution in [-0.2, 0) is 0 Å². The monoisotopic (exact) mass is 750 g/mol. The molecule has 2 N–H and O–H groups in total. The number of phenols is 2. The standard InChI is InChI=1S/C13H6I4O5/c14-7-1-5(18)2-8(15)11(7)21-13(20)22-12-9(16)3-6(19)4-10(12)17/h1-4,18-19H. The van der Waals surface area contributed by atoms with Crippen molar-refractivity contribution >= 4 is 96.5 Å². The van der Waals surface area contributed by atoms with Gasteiger partial charge in [-0.3, -0.25) is 0 Å². The van der Waals surface area contributed by atoms with Gasteiger partial charge < -0.3 is 19.7 Å².